The lowest BCUT2D eigenvalue weighted by Crippen LogP contribution is -2.19. The van der Waals surface area contributed by atoms with Crippen molar-refractivity contribution in [2.45, 2.75) is 38.6 Å². The Morgan fingerprint density at radius 2 is 1.74 bits per heavy atom. The van der Waals surface area contributed by atoms with Gasteiger partial charge in [0.15, 0.2) is 5.65 Å². The fourth-order valence-corrected chi connectivity index (χ4v) is 6.24. The number of benzene rings is 2. The Balaban J connectivity index is 1.32. The van der Waals surface area contributed by atoms with Crippen LogP contribution in [0.2, 0.25) is 0 Å². The molecule has 8 heteroatoms. The first-order valence-corrected chi connectivity index (χ1v) is 12.3. The second-order valence-electron chi connectivity index (χ2n) is 8.63. The highest BCUT2D eigenvalue weighted by atomic mass is 32.1. The minimum atomic E-state index is -0.473. The number of fused-ring (bicyclic) bond motifs is 5. The van der Waals surface area contributed by atoms with Gasteiger partial charge in [-0.25, -0.2) is 9.97 Å². The van der Waals surface area contributed by atoms with Crippen molar-refractivity contribution in [2.75, 3.05) is 5.32 Å². The standard InChI is InChI=1S/C26H23N5O2S/c27-24(33)22-16-8-2-6-12-20(16)34-26(22)30-21(32)13-14-31-19-11-5-1-7-15(19)23-25(31)29-18-10-4-3-9-17(18)28-23/h1,3-5,7,9-11H,2,6,8,12-14H2,(H2,27,33)(H,30,32). The number of nitrogens with two attached hydrogens (primary N) is 1. The predicted octanol–water partition coefficient (Wildman–Crippen LogP) is 4.81. The number of thiophene rings is 1. The van der Waals surface area contributed by atoms with Crippen LogP contribution in [0.15, 0.2) is 48.5 Å². The van der Waals surface area contributed by atoms with Crippen LogP contribution in [0.4, 0.5) is 5.00 Å². The van der Waals surface area contributed by atoms with Gasteiger partial charge in [-0.05, 0) is 49.4 Å². The molecule has 170 valence electrons. The lowest BCUT2D eigenvalue weighted by atomic mass is 9.95. The third-order valence-electron chi connectivity index (χ3n) is 6.49. The molecule has 2 amide bonds. The summed E-state index contributed by atoms with van der Waals surface area (Å²) in [5.74, 6) is -0.625. The Kier molecular flexibility index (Phi) is 5.03. The molecule has 6 rings (SSSR count). The average molecular weight is 470 g/mol. The Bertz CT molecular complexity index is 1600. The number of para-hydroxylation sites is 3. The maximum atomic E-state index is 13.0. The van der Waals surface area contributed by atoms with Crippen LogP contribution in [0, 0.1) is 0 Å². The molecule has 0 radical (unpaired) electrons. The topological polar surface area (TPSA) is 103 Å². The number of aromatic nitrogens is 3. The largest absolute Gasteiger partial charge is 0.365 e. The molecule has 0 atom stereocenters. The van der Waals surface area contributed by atoms with E-state index in [-0.39, 0.29) is 12.3 Å². The van der Waals surface area contributed by atoms with E-state index in [0.29, 0.717) is 17.1 Å². The van der Waals surface area contributed by atoms with E-state index in [1.54, 1.807) is 0 Å². The van der Waals surface area contributed by atoms with Crippen LogP contribution < -0.4 is 11.1 Å². The number of rotatable bonds is 5. The number of carbonyl (C=O) groups is 2. The molecule has 5 aromatic rings. The molecule has 7 nitrogen and oxygen atoms in total. The quantitative estimate of drug-likeness (QED) is 0.386. The minimum Gasteiger partial charge on any atom is -0.365 e. The number of anilines is 1. The van der Waals surface area contributed by atoms with E-state index < -0.39 is 5.91 Å². The normalized spacial score (nSPS) is 13.4. The van der Waals surface area contributed by atoms with Gasteiger partial charge in [0.25, 0.3) is 5.91 Å². The van der Waals surface area contributed by atoms with Crippen molar-refractivity contribution in [3.63, 3.8) is 0 Å². The highest BCUT2D eigenvalue weighted by Crippen LogP contribution is 2.38. The summed E-state index contributed by atoms with van der Waals surface area (Å²) in [6.45, 7) is 0.444. The van der Waals surface area contributed by atoms with Crippen LogP contribution in [-0.4, -0.2) is 26.3 Å². The summed E-state index contributed by atoms with van der Waals surface area (Å²) >= 11 is 1.49. The summed E-state index contributed by atoms with van der Waals surface area (Å²) < 4.78 is 2.05. The number of amides is 2. The van der Waals surface area contributed by atoms with Gasteiger partial charge in [0.2, 0.25) is 5.91 Å². The number of nitrogens with one attached hydrogen (secondary N) is 1. The van der Waals surface area contributed by atoms with Crippen molar-refractivity contribution in [2.24, 2.45) is 5.73 Å². The molecule has 0 fully saturated rings. The zero-order chi connectivity index (χ0) is 23.2. The second-order valence-corrected chi connectivity index (χ2v) is 9.74. The van der Waals surface area contributed by atoms with Crippen LogP contribution in [0.3, 0.4) is 0 Å². The van der Waals surface area contributed by atoms with Crippen LogP contribution in [0.1, 0.15) is 40.1 Å². The van der Waals surface area contributed by atoms with Crippen LogP contribution >= 0.6 is 11.3 Å². The Morgan fingerprint density at radius 3 is 2.56 bits per heavy atom. The van der Waals surface area contributed by atoms with Crippen molar-refractivity contribution in [3.8, 4) is 0 Å². The summed E-state index contributed by atoms with van der Waals surface area (Å²) in [5.41, 5.74) is 11.4. The maximum absolute atomic E-state index is 13.0. The lowest BCUT2D eigenvalue weighted by Gasteiger charge is -2.11. The first-order valence-electron chi connectivity index (χ1n) is 11.5. The van der Waals surface area contributed by atoms with E-state index in [4.69, 9.17) is 15.7 Å². The van der Waals surface area contributed by atoms with Crippen molar-refractivity contribution < 1.29 is 9.59 Å². The zero-order valence-corrected chi connectivity index (χ0v) is 19.3. The number of primary amides is 1. The van der Waals surface area contributed by atoms with E-state index in [0.717, 1.165) is 64.3 Å². The number of nitrogens with zero attached hydrogens (tertiary/aromatic N) is 3. The Hall–Kier alpha value is -3.78. The van der Waals surface area contributed by atoms with Crippen molar-refractivity contribution in [1.29, 1.82) is 0 Å². The third-order valence-corrected chi connectivity index (χ3v) is 7.70. The lowest BCUT2D eigenvalue weighted by molar-refractivity contribution is -0.116. The number of aryl methyl sites for hydroxylation is 2. The summed E-state index contributed by atoms with van der Waals surface area (Å²) in [4.78, 5) is 36.0. The molecule has 0 saturated heterocycles. The van der Waals surface area contributed by atoms with E-state index in [2.05, 4.69) is 9.88 Å². The van der Waals surface area contributed by atoms with Crippen LogP contribution in [0.5, 0.6) is 0 Å². The van der Waals surface area contributed by atoms with Crippen molar-refractivity contribution in [1.82, 2.24) is 14.5 Å². The number of carbonyl (C=O) groups excluding carboxylic acids is 2. The van der Waals surface area contributed by atoms with Gasteiger partial charge in [0.05, 0.1) is 22.1 Å². The first kappa shape index (κ1) is 20.8. The second kappa shape index (κ2) is 8.22. The highest BCUT2D eigenvalue weighted by molar-refractivity contribution is 7.17. The molecule has 3 aromatic heterocycles. The molecule has 0 spiro atoms. The van der Waals surface area contributed by atoms with Crippen molar-refractivity contribution in [3.05, 3.63) is 64.5 Å². The molecular weight excluding hydrogens is 446 g/mol. The molecule has 3 heterocycles. The molecular formula is C26H23N5O2S. The minimum absolute atomic E-state index is 0.152. The Morgan fingerprint density at radius 1 is 1.00 bits per heavy atom. The van der Waals surface area contributed by atoms with Gasteiger partial charge in [-0.1, -0.05) is 30.3 Å². The van der Waals surface area contributed by atoms with Gasteiger partial charge in [0, 0.05) is 23.2 Å². The van der Waals surface area contributed by atoms with E-state index in [1.807, 2.05) is 48.5 Å². The molecule has 0 unspecified atom stereocenters. The summed E-state index contributed by atoms with van der Waals surface area (Å²) in [6, 6.07) is 15.8. The van der Waals surface area contributed by atoms with E-state index in [9.17, 15) is 9.59 Å². The smallest absolute Gasteiger partial charge is 0.251 e. The van der Waals surface area contributed by atoms with Crippen molar-refractivity contribution >= 4 is 61.3 Å². The zero-order valence-electron chi connectivity index (χ0n) is 18.5. The molecule has 0 aliphatic heterocycles. The third kappa shape index (κ3) is 3.42. The van der Waals surface area contributed by atoms with E-state index in [1.165, 1.54) is 16.2 Å². The highest BCUT2D eigenvalue weighted by Gasteiger charge is 2.25. The molecule has 1 aliphatic rings. The maximum Gasteiger partial charge on any atom is 0.251 e. The number of hydrogen-bond donors (Lipinski definition) is 2. The predicted molar refractivity (Wildman–Crippen MR) is 135 cm³/mol. The van der Waals surface area contributed by atoms with Gasteiger partial charge < -0.3 is 15.6 Å². The van der Waals surface area contributed by atoms with Gasteiger partial charge in [-0.3, -0.25) is 9.59 Å². The monoisotopic (exact) mass is 469 g/mol. The SMILES string of the molecule is NC(=O)c1c(NC(=O)CCn2c3ccccc3c3nc4ccccc4nc32)sc2c1CCCC2. The Labute approximate surface area is 199 Å². The number of hydrogen-bond acceptors (Lipinski definition) is 5. The molecule has 0 bridgehead atoms. The van der Waals surface area contributed by atoms with Gasteiger partial charge in [-0.15, -0.1) is 11.3 Å². The summed E-state index contributed by atoms with van der Waals surface area (Å²) in [7, 11) is 0. The van der Waals surface area contributed by atoms with Gasteiger partial charge in [-0.2, -0.15) is 0 Å². The van der Waals surface area contributed by atoms with Crippen LogP contribution in [0.25, 0.3) is 33.1 Å². The fourth-order valence-electron chi connectivity index (χ4n) is 4.93. The molecule has 34 heavy (non-hydrogen) atoms. The average Bonchev–Trinajstić information content (AvgIpc) is 3.36. The fraction of sp³-hybridized carbons (Fsp3) is 0.231. The van der Waals surface area contributed by atoms with Gasteiger partial charge >= 0.3 is 0 Å². The molecule has 3 N–H and O–H groups in total. The summed E-state index contributed by atoms with van der Waals surface area (Å²) in [5, 5.41) is 4.56. The van der Waals surface area contributed by atoms with Crippen LogP contribution in [-0.2, 0) is 24.2 Å². The summed E-state index contributed by atoms with van der Waals surface area (Å²) in [6.07, 6.45) is 4.16. The first-order chi connectivity index (χ1) is 16.6. The molecule has 2 aromatic carbocycles. The van der Waals surface area contributed by atoms with Gasteiger partial charge in [0.1, 0.15) is 10.5 Å². The van der Waals surface area contributed by atoms with E-state index >= 15 is 0 Å². The molecule has 1 aliphatic carbocycles. The molecule has 0 saturated carbocycles.